The van der Waals surface area contributed by atoms with Gasteiger partial charge in [-0.05, 0) is 31.8 Å². The summed E-state index contributed by atoms with van der Waals surface area (Å²) < 4.78 is 39.1. The molecule has 0 aliphatic rings. The fourth-order valence-electron chi connectivity index (χ4n) is 1.82. The van der Waals surface area contributed by atoms with Crippen molar-refractivity contribution < 1.29 is 13.2 Å². The van der Waals surface area contributed by atoms with E-state index in [-0.39, 0.29) is 5.78 Å². The van der Waals surface area contributed by atoms with Crippen LogP contribution in [0.1, 0.15) is 24.4 Å². The van der Waals surface area contributed by atoms with E-state index in [0.29, 0.717) is 18.1 Å². The fourth-order valence-corrected chi connectivity index (χ4v) is 2.31. The molecule has 0 fully saturated rings. The van der Waals surface area contributed by atoms with Crippen LogP contribution in [0.15, 0.2) is 6.07 Å². The predicted octanol–water partition coefficient (Wildman–Crippen LogP) is 3.01. The molecule has 0 spiro atoms. The van der Waals surface area contributed by atoms with E-state index in [1.165, 1.54) is 0 Å². The lowest BCUT2D eigenvalue weighted by Gasteiger charge is -2.08. The first kappa shape index (κ1) is 15.9. The molecule has 0 saturated heterocycles. The number of hydrogen-bond acceptors (Lipinski definition) is 5. The minimum absolute atomic E-state index is 0.0473. The van der Waals surface area contributed by atoms with Crippen molar-refractivity contribution in [2.45, 2.75) is 25.9 Å². The van der Waals surface area contributed by atoms with Gasteiger partial charge >= 0.3 is 6.18 Å². The molecular formula is C12H16F3N5S. The molecule has 0 atom stereocenters. The average molecular weight is 319 g/mol. The van der Waals surface area contributed by atoms with E-state index in [4.69, 9.17) is 0 Å². The fraction of sp³-hybridized carbons (Fsp3) is 0.583. The van der Waals surface area contributed by atoms with Crippen molar-refractivity contribution in [3.8, 4) is 0 Å². The van der Waals surface area contributed by atoms with Crippen LogP contribution >= 0.6 is 11.8 Å². The monoisotopic (exact) mass is 319 g/mol. The highest BCUT2D eigenvalue weighted by Crippen LogP contribution is 2.27. The Morgan fingerprint density at radius 2 is 2.05 bits per heavy atom. The maximum atomic E-state index is 12.7. The number of nitrogens with one attached hydrogen (secondary N) is 1. The SMILES string of the molecule is CSCCCCNc1cc(C)nc2nc(C(F)(F)F)nn12. The zero-order valence-electron chi connectivity index (χ0n) is 11.7. The maximum Gasteiger partial charge on any atom is 0.453 e. The second-order valence-electron chi connectivity index (χ2n) is 4.55. The molecule has 1 N–H and O–H groups in total. The topological polar surface area (TPSA) is 55.1 Å². The van der Waals surface area contributed by atoms with Gasteiger partial charge in [-0.15, -0.1) is 5.10 Å². The Hall–Kier alpha value is -1.51. The maximum absolute atomic E-state index is 12.7. The van der Waals surface area contributed by atoms with Crippen molar-refractivity contribution in [2.24, 2.45) is 0 Å². The van der Waals surface area contributed by atoms with Crippen molar-refractivity contribution in [3.05, 3.63) is 17.6 Å². The lowest BCUT2D eigenvalue weighted by Crippen LogP contribution is -2.10. The molecule has 0 bridgehead atoms. The number of thioether (sulfide) groups is 1. The molecule has 21 heavy (non-hydrogen) atoms. The Morgan fingerprint density at radius 3 is 2.71 bits per heavy atom. The molecule has 2 aromatic rings. The van der Waals surface area contributed by atoms with Gasteiger partial charge in [-0.2, -0.15) is 34.4 Å². The molecule has 9 heteroatoms. The molecule has 0 amide bonds. The van der Waals surface area contributed by atoms with Crippen LogP contribution in [0.5, 0.6) is 0 Å². The summed E-state index contributed by atoms with van der Waals surface area (Å²) in [4.78, 5) is 7.41. The third-order valence-electron chi connectivity index (χ3n) is 2.78. The largest absolute Gasteiger partial charge is 0.453 e. The van der Waals surface area contributed by atoms with Crippen LogP contribution in [0, 0.1) is 6.92 Å². The lowest BCUT2D eigenvalue weighted by molar-refractivity contribution is -0.144. The van der Waals surface area contributed by atoms with Gasteiger partial charge in [-0.3, -0.25) is 0 Å². The molecule has 5 nitrogen and oxygen atoms in total. The summed E-state index contributed by atoms with van der Waals surface area (Å²) in [6.07, 6.45) is -0.550. The number of aryl methyl sites for hydroxylation is 1. The number of rotatable bonds is 6. The molecule has 0 unspecified atom stereocenters. The Bertz CT molecular complexity index is 611. The van der Waals surface area contributed by atoms with Crippen molar-refractivity contribution in [1.82, 2.24) is 19.6 Å². The first-order valence-electron chi connectivity index (χ1n) is 6.46. The molecule has 0 aliphatic heterocycles. The highest BCUT2D eigenvalue weighted by molar-refractivity contribution is 7.98. The van der Waals surface area contributed by atoms with Crippen LogP contribution in [0.4, 0.5) is 19.0 Å². The van der Waals surface area contributed by atoms with Gasteiger partial charge in [0.15, 0.2) is 0 Å². The van der Waals surface area contributed by atoms with Gasteiger partial charge in [0.05, 0.1) is 0 Å². The van der Waals surface area contributed by atoms with Gasteiger partial charge in [-0.25, -0.2) is 4.98 Å². The molecule has 116 valence electrons. The molecule has 0 radical (unpaired) electrons. The highest BCUT2D eigenvalue weighted by Gasteiger charge is 2.36. The molecule has 0 aromatic carbocycles. The summed E-state index contributed by atoms with van der Waals surface area (Å²) in [6, 6.07) is 1.66. The first-order valence-corrected chi connectivity index (χ1v) is 7.85. The van der Waals surface area contributed by atoms with Crippen molar-refractivity contribution in [2.75, 3.05) is 23.9 Å². The molecule has 0 aliphatic carbocycles. The van der Waals surface area contributed by atoms with Gasteiger partial charge in [-0.1, -0.05) is 0 Å². The van der Waals surface area contributed by atoms with Crippen LogP contribution in [-0.4, -0.2) is 38.1 Å². The van der Waals surface area contributed by atoms with Gasteiger partial charge in [0.25, 0.3) is 11.6 Å². The standard InChI is InChI=1S/C12H16F3N5S/c1-8-7-9(16-5-3-4-6-21-2)20-11(17-8)18-10(19-20)12(13,14)15/h7,16H,3-6H2,1-2H3. The average Bonchev–Trinajstić information content (AvgIpc) is 2.82. The number of alkyl halides is 3. The van der Waals surface area contributed by atoms with Crippen LogP contribution < -0.4 is 5.32 Å². The second kappa shape index (κ2) is 6.50. The van der Waals surface area contributed by atoms with E-state index in [2.05, 4.69) is 20.4 Å². The summed E-state index contributed by atoms with van der Waals surface area (Å²) in [6.45, 7) is 2.38. The highest BCUT2D eigenvalue weighted by atomic mass is 32.2. The number of aromatic nitrogens is 4. The normalized spacial score (nSPS) is 12.0. The Kier molecular flexibility index (Phi) is 4.92. The Balaban J connectivity index is 2.20. The van der Waals surface area contributed by atoms with E-state index in [1.807, 2.05) is 6.26 Å². The van der Waals surface area contributed by atoms with E-state index >= 15 is 0 Å². The minimum atomic E-state index is -4.57. The first-order chi connectivity index (χ1) is 9.91. The number of hydrogen-bond donors (Lipinski definition) is 1. The lowest BCUT2D eigenvalue weighted by atomic mass is 10.3. The minimum Gasteiger partial charge on any atom is -0.370 e. The molecule has 2 heterocycles. The number of anilines is 1. The number of nitrogens with zero attached hydrogens (tertiary/aromatic N) is 4. The van der Waals surface area contributed by atoms with E-state index in [0.717, 1.165) is 23.1 Å². The summed E-state index contributed by atoms with van der Waals surface area (Å²) >= 11 is 1.77. The smallest absolute Gasteiger partial charge is 0.370 e. The van der Waals surface area contributed by atoms with Crippen LogP contribution in [0.3, 0.4) is 0 Å². The Labute approximate surface area is 124 Å². The third-order valence-corrected chi connectivity index (χ3v) is 3.47. The molecule has 2 rings (SSSR count). The van der Waals surface area contributed by atoms with E-state index < -0.39 is 12.0 Å². The summed E-state index contributed by atoms with van der Waals surface area (Å²) in [7, 11) is 0. The number of halogens is 3. The van der Waals surface area contributed by atoms with Gasteiger partial charge in [0.1, 0.15) is 5.82 Å². The second-order valence-corrected chi connectivity index (χ2v) is 5.54. The van der Waals surface area contributed by atoms with Crippen molar-refractivity contribution >= 4 is 23.4 Å². The van der Waals surface area contributed by atoms with Gasteiger partial charge in [0.2, 0.25) is 0 Å². The zero-order valence-corrected chi connectivity index (χ0v) is 12.6. The summed E-state index contributed by atoms with van der Waals surface area (Å²) in [5.41, 5.74) is 0.593. The van der Waals surface area contributed by atoms with Gasteiger partial charge in [0, 0.05) is 18.3 Å². The zero-order chi connectivity index (χ0) is 15.5. The van der Waals surface area contributed by atoms with E-state index in [1.54, 1.807) is 24.8 Å². The number of fused-ring (bicyclic) bond motifs is 1. The predicted molar refractivity (Wildman–Crippen MR) is 76.6 cm³/mol. The van der Waals surface area contributed by atoms with Crippen LogP contribution in [0.2, 0.25) is 0 Å². The number of unbranched alkanes of at least 4 members (excludes halogenated alkanes) is 1. The quantitative estimate of drug-likeness (QED) is 0.830. The van der Waals surface area contributed by atoms with Crippen LogP contribution in [-0.2, 0) is 6.18 Å². The molecular weight excluding hydrogens is 303 g/mol. The summed E-state index contributed by atoms with van der Waals surface area (Å²) in [5.74, 6) is 0.318. The molecule has 0 saturated carbocycles. The van der Waals surface area contributed by atoms with Crippen molar-refractivity contribution in [3.63, 3.8) is 0 Å². The molecule has 2 aromatic heterocycles. The third kappa shape index (κ3) is 3.99. The Morgan fingerprint density at radius 1 is 1.29 bits per heavy atom. The van der Waals surface area contributed by atoms with Gasteiger partial charge < -0.3 is 5.32 Å². The van der Waals surface area contributed by atoms with Crippen LogP contribution in [0.25, 0.3) is 5.78 Å². The summed E-state index contributed by atoms with van der Waals surface area (Å²) in [5, 5.41) is 6.59. The van der Waals surface area contributed by atoms with Crippen molar-refractivity contribution in [1.29, 1.82) is 0 Å². The van der Waals surface area contributed by atoms with E-state index in [9.17, 15) is 13.2 Å².